The quantitative estimate of drug-likeness (QED) is 0.661. The lowest BCUT2D eigenvalue weighted by Gasteiger charge is -2.19. The van der Waals surface area contributed by atoms with E-state index in [1.165, 1.54) is 0 Å². The molecule has 1 heterocycles. The van der Waals surface area contributed by atoms with Crippen LogP contribution >= 0.6 is 0 Å². The Labute approximate surface area is 133 Å². The molecule has 1 N–H and O–H groups in total. The standard InChI is InChI=1S/C15H25N3O3S/c1-5-22(19,20)10-8-18(3)15-12-13(2)11-14(17-15)16-7-6-9-21-4/h5,11-12H,1,6-10H2,2-4H3,(H,16,17). The molecule has 0 unspecified atom stereocenters. The molecule has 0 aliphatic carbocycles. The maximum absolute atomic E-state index is 11.5. The van der Waals surface area contributed by atoms with Gasteiger partial charge in [0, 0.05) is 39.3 Å². The summed E-state index contributed by atoms with van der Waals surface area (Å²) in [6, 6.07) is 3.89. The SMILES string of the molecule is C=CS(=O)(=O)CCN(C)c1cc(C)cc(NCCCOC)n1. The van der Waals surface area contributed by atoms with Crippen molar-refractivity contribution in [3.05, 3.63) is 29.7 Å². The smallest absolute Gasteiger partial charge is 0.172 e. The Bertz CT molecular complexity index is 588. The van der Waals surface area contributed by atoms with Crippen molar-refractivity contribution in [2.75, 3.05) is 49.8 Å². The Balaban J connectivity index is 2.69. The van der Waals surface area contributed by atoms with Crippen LogP contribution in [0.3, 0.4) is 0 Å². The van der Waals surface area contributed by atoms with E-state index < -0.39 is 9.84 Å². The van der Waals surface area contributed by atoms with Crippen molar-refractivity contribution in [1.29, 1.82) is 0 Å². The van der Waals surface area contributed by atoms with E-state index in [2.05, 4.69) is 16.9 Å². The molecule has 0 amide bonds. The average Bonchev–Trinajstić information content (AvgIpc) is 2.49. The summed E-state index contributed by atoms with van der Waals surface area (Å²) >= 11 is 0. The summed E-state index contributed by atoms with van der Waals surface area (Å²) < 4.78 is 28.0. The normalized spacial score (nSPS) is 11.2. The summed E-state index contributed by atoms with van der Waals surface area (Å²) in [7, 11) is 0.306. The maximum Gasteiger partial charge on any atom is 0.172 e. The molecule has 0 bridgehead atoms. The van der Waals surface area contributed by atoms with E-state index in [9.17, 15) is 8.42 Å². The molecule has 0 aliphatic heterocycles. The van der Waals surface area contributed by atoms with Crippen LogP contribution < -0.4 is 10.2 Å². The number of hydrogen-bond acceptors (Lipinski definition) is 6. The lowest BCUT2D eigenvalue weighted by Crippen LogP contribution is -2.25. The van der Waals surface area contributed by atoms with Crippen molar-refractivity contribution in [2.24, 2.45) is 0 Å². The van der Waals surface area contributed by atoms with E-state index in [-0.39, 0.29) is 5.75 Å². The third-order valence-corrected chi connectivity index (χ3v) is 4.40. The zero-order valence-electron chi connectivity index (χ0n) is 13.5. The van der Waals surface area contributed by atoms with Crippen molar-refractivity contribution in [3.8, 4) is 0 Å². The number of sulfone groups is 1. The summed E-state index contributed by atoms with van der Waals surface area (Å²) in [4.78, 5) is 6.34. The van der Waals surface area contributed by atoms with Gasteiger partial charge in [-0.05, 0) is 31.0 Å². The number of methoxy groups -OCH3 is 1. The van der Waals surface area contributed by atoms with Gasteiger partial charge in [0.2, 0.25) is 0 Å². The second kappa shape index (κ2) is 8.75. The molecule has 7 heteroatoms. The highest BCUT2D eigenvalue weighted by Crippen LogP contribution is 2.16. The fourth-order valence-electron chi connectivity index (χ4n) is 1.83. The Hall–Kier alpha value is -1.60. The second-order valence-electron chi connectivity index (χ2n) is 5.12. The summed E-state index contributed by atoms with van der Waals surface area (Å²) in [6.07, 6.45) is 0.898. The number of pyridine rings is 1. The van der Waals surface area contributed by atoms with E-state index in [4.69, 9.17) is 4.74 Å². The molecule has 0 saturated carbocycles. The Morgan fingerprint density at radius 3 is 2.82 bits per heavy atom. The van der Waals surface area contributed by atoms with Crippen LogP contribution in [0.2, 0.25) is 0 Å². The lowest BCUT2D eigenvalue weighted by atomic mass is 10.2. The number of aryl methyl sites for hydroxylation is 1. The first-order valence-corrected chi connectivity index (χ1v) is 8.87. The number of aromatic nitrogens is 1. The van der Waals surface area contributed by atoms with Crippen LogP contribution in [-0.4, -0.2) is 53.0 Å². The lowest BCUT2D eigenvalue weighted by molar-refractivity contribution is 0.198. The molecule has 6 nitrogen and oxygen atoms in total. The van der Waals surface area contributed by atoms with Gasteiger partial charge >= 0.3 is 0 Å². The first kappa shape index (κ1) is 18.4. The highest BCUT2D eigenvalue weighted by atomic mass is 32.2. The third kappa shape index (κ3) is 6.44. The van der Waals surface area contributed by atoms with E-state index in [0.717, 1.165) is 35.6 Å². The number of nitrogens with zero attached hydrogens (tertiary/aromatic N) is 2. The van der Waals surface area contributed by atoms with E-state index in [1.807, 2.05) is 31.0 Å². The first-order valence-electron chi connectivity index (χ1n) is 7.16. The highest BCUT2D eigenvalue weighted by Gasteiger charge is 2.10. The number of anilines is 2. The van der Waals surface area contributed by atoms with E-state index >= 15 is 0 Å². The van der Waals surface area contributed by atoms with Crippen molar-refractivity contribution in [1.82, 2.24) is 4.98 Å². The monoisotopic (exact) mass is 327 g/mol. The van der Waals surface area contributed by atoms with Gasteiger partial charge in [0.05, 0.1) is 5.75 Å². The van der Waals surface area contributed by atoms with Gasteiger partial charge in [0.25, 0.3) is 0 Å². The highest BCUT2D eigenvalue weighted by molar-refractivity contribution is 7.94. The molecule has 0 radical (unpaired) electrons. The number of nitrogens with one attached hydrogen (secondary N) is 1. The molecule has 0 saturated heterocycles. The Kier molecular flexibility index (Phi) is 7.34. The van der Waals surface area contributed by atoms with Crippen LogP contribution in [0.25, 0.3) is 0 Å². The summed E-state index contributed by atoms with van der Waals surface area (Å²) in [6.45, 7) is 7.15. The number of hydrogen-bond donors (Lipinski definition) is 1. The zero-order valence-corrected chi connectivity index (χ0v) is 14.3. The largest absolute Gasteiger partial charge is 0.385 e. The fraction of sp³-hybridized carbons (Fsp3) is 0.533. The molecule has 1 aromatic rings. The first-order chi connectivity index (χ1) is 10.4. The minimum absolute atomic E-state index is 0.0270. The van der Waals surface area contributed by atoms with Gasteiger partial charge in [-0.1, -0.05) is 6.58 Å². The van der Waals surface area contributed by atoms with Gasteiger partial charge in [-0.15, -0.1) is 0 Å². The molecule has 0 spiro atoms. The van der Waals surface area contributed by atoms with Crippen LogP contribution in [0.4, 0.5) is 11.6 Å². The van der Waals surface area contributed by atoms with Crippen LogP contribution in [0.1, 0.15) is 12.0 Å². The Morgan fingerprint density at radius 1 is 1.45 bits per heavy atom. The third-order valence-electron chi connectivity index (χ3n) is 3.14. The molecule has 0 atom stereocenters. The van der Waals surface area contributed by atoms with Gasteiger partial charge in [0.1, 0.15) is 11.6 Å². The second-order valence-corrected chi connectivity index (χ2v) is 7.18. The van der Waals surface area contributed by atoms with Gasteiger partial charge in [-0.25, -0.2) is 13.4 Å². The van der Waals surface area contributed by atoms with E-state index in [0.29, 0.717) is 13.2 Å². The van der Waals surface area contributed by atoms with Crippen LogP contribution in [0.15, 0.2) is 24.1 Å². The maximum atomic E-state index is 11.5. The Morgan fingerprint density at radius 2 is 2.18 bits per heavy atom. The average molecular weight is 327 g/mol. The van der Waals surface area contributed by atoms with Gasteiger partial charge in [-0.2, -0.15) is 0 Å². The summed E-state index contributed by atoms with van der Waals surface area (Å²) in [5, 5.41) is 4.24. The molecule has 0 aromatic carbocycles. The fourth-order valence-corrected chi connectivity index (χ4v) is 2.53. The van der Waals surface area contributed by atoms with Crippen molar-refractivity contribution in [2.45, 2.75) is 13.3 Å². The predicted molar refractivity (Wildman–Crippen MR) is 91.2 cm³/mol. The minimum atomic E-state index is -3.20. The molecule has 0 fully saturated rings. The van der Waals surface area contributed by atoms with Crippen molar-refractivity contribution >= 4 is 21.5 Å². The topological polar surface area (TPSA) is 71.5 Å². The van der Waals surface area contributed by atoms with Crippen LogP contribution in [-0.2, 0) is 14.6 Å². The van der Waals surface area contributed by atoms with Crippen LogP contribution in [0.5, 0.6) is 0 Å². The van der Waals surface area contributed by atoms with Gasteiger partial charge in [0.15, 0.2) is 9.84 Å². The zero-order chi connectivity index (χ0) is 16.6. The van der Waals surface area contributed by atoms with Crippen molar-refractivity contribution in [3.63, 3.8) is 0 Å². The summed E-state index contributed by atoms with van der Waals surface area (Å²) in [5.41, 5.74) is 1.07. The van der Waals surface area contributed by atoms with Crippen molar-refractivity contribution < 1.29 is 13.2 Å². The molecule has 0 aliphatic rings. The minimum Gasteiger partial charge on any atom is -0.385 e. The predicted octanol–water partition coefficient (Wildman–Crippen LogP) is 1.83. The van der Waals surface area contributed by atoms with Gasteiger partial charge < -0.3 is 15.0 Å². The molecule has 1 aromatic heterocycles. The van der Waals surface area contributed by atoms with Crippen LogP contribution in [0, 0.1) is 6.92 Å². The molecule has 124 valence electrons. The number of rotatable bonds is 10. The summed E-state index contributed by atoms with van der Waals surface area (Å²) in [5.74, 6) is 1.55. The van der Waals surface area contributed by atoms with E-state index in [1.54, 1.807) is 7.11 Å². The molecular formula is C15H25N3O3S. The molecule has 22 heavy (non-hydrogen) atoms. The number of ether oxygens (including phenoxy) is 1. The van der Waals surface area contributed by atoms with Gasteiger partial charge in [-0.3, -0.25) is 0 Å². The molecule has 1 rings (SSSR count). The molecular weight excluding hydrogens is 302 g/mol.